The molecule has 0 radical (unpaired) electrons. The van der Waals surface area contributed by atoms with Crippen LogP contribution in [0.25, 0.3) is 0 Å². The summed E-state index contributed by atoms with van der Waals surface area (Å²) in [5, 5.41) is 16.1. The Bertz CT molecular complexity index is 394. The number of rotatable bonds is 9. The van der Waals surface area contributed by atoms with Crippen LogP contribution in [0.3, 0.4) is 0 Å². The van der Waals surface area contributed by atoms with Gasteiger partial charge in [-0.15, -0.1) is 0 Å². The van der Waals surface area contributed by atoms with E-state index in [9.17, 15) is 52.7 Å². The second-order valence-corrected chi connectivity index (χ2v) is 4.65. The third-order valence-electron chi connectivity index (χ3n) is 2.95. The maximum Gasteiger partial charge on any atom is 0.384 e. The average molecular weight is 390 g/mol. The van der Waals surface area contributed by atoms with Gasteiger partial charge in [-0.05, 0) is 0 Å². The SMILES string of the molecule is OCCC(F)(F)C(F)(F)C(F)(F)C(F)(F)C(F)(F)C(F)(F)CCO. The number of hydrogen-bond donors (Lipinski definition) is 2. The highest BCUT2D eigenvalue weighted by molar-refractivity contribution is 5.11. The van der Waals surface area contributed by atoms with E-state index in [-0.39, 0.29) is 0 Å². The van der Waals surface area contributed by atoms with E-state index in [1.807, 2.05) is 0 Å². The van der Waals surface area contributed by atoms with Gasteiger partial charge in [0.05, 0.1) is 0 Å². The van der Waals surface area contributed by atoms with Crippen molar-refractivity contribution in [2.75, 3.05) is 13.2 Å². The Morgan fingerprint density at radius 3 is 0.792 bits per heavy atom. The van der Waals surface area contributed by atoms with Crippen molar-refractivity contribution in [3.63, 3.8) is 0 Å². The summed E-state index contributed by atoms with van der Waals surface area (Å²) >= 11 is 0. The largest absolute Gasteiger partial charge is 0.396 e. The summed E-state index contributed by atoms with van der Waals surface area (Å²) in [6, 6.07) is 0. The van der Waals surface area contributed by atoms with Gasteiger partial charge >= 0.3 is 35.5 Å². The molecule has 0 heterocycles. The molecule has 0 spiro atoms. The number of halogens is 12. The molecule has 0 aliphatic heterocycles. The topological polar surface area (TPSA) is 40.5 Å². The van der Waals surface area contributed by atoms with E-state index in [1.54, 1.807) is 0 Å². The molecule has 0 aromatic rings. The summed E-state index contributed by atoms with van der Waals surface area (Å²) in [6.45, 7) is -3.83. The summed E-state index contributed by atoms with van der Waals surface area (Å²) < 4.78 is 156. The van der Waals surface area contributed by atoms with Crippen LogP contribution in [0.5, 0.6) is 0 Å². The maximum atomic E-state index is 13.1. The lowest BCUT2D eigenvalue weighted by Crippen LogP contribution is -2.70. The van der Waals surface area contributed by atoms with Crippen LogP contribution in [-0.2, 0) is 0 Å². The van der Waals surface area contributed by atoms with Crippen molar-refractivity contribution >= 4 is 0 Å². The van der Waals surface area contributed by atoms with Crippen LogP contribution in [0.2, 0.25) is 0 Å². The Balaban J connectivity index is 6.16. The second-order valence-electron chi connectivity index (χ2n) is 4.65. The van der Waals surface area contributed by atoms with Gasteiger partial charge in [-0.2, -0.15) is 52.7 Å². The number of hydrogen-bond acceptors (Lipinski definition) is 2. The number of aliphatic hydroxyl groups is 2. The Morgan fingerprint density at radius 1 is 0.417 bits per heavy atom. The summed E-state index contributed by atoms with van der Waals surface area (Å²) in [4.78, 5) is 0. The molecular weight excluding hydrogens is 380 g/mol. The smallest absolute Gasteiger partial charge is 0.384 e. The quantitative estimate of drug-likeness (QED) is 0.592. The molecule has 0 atom stereocenters. The monoisotopic (exact) mass is 390 g/mol. The van der Waals surface area contributed by atoms with E-state index in [2.05, 4.69) is 0 Å². The molecule has 2 N–H and O–H groups in total. The van der Waals surface area contributed by atoms with Crippen molar-refractivity contribution in [3.8, 4) is 0 Å². The van der Waals surface area contributed by atoms with E-state index in [1.165, 1.54) is 0 Å². The molecule has 24 heavy (non-hydrogen) atoms. The molecule has 0 saturated carbocycles. The Morgan fingerprint density at radius 2 is 0.625 bits per heavy atom. The standard InChI is InChI=1S/C10H10F12O2/c11-5(12,1-3-23)7(15,16)9(19,20)10(21,22)8(17,18)6(13,14)2-4-24/h23-24H,1-4H2. The van der Waals surface area contributed by atoms with E-state index >= 15 is 0 Å². The predicted molar refractivity (Wildman–Crippen MR) is 53.1 cm³/mol. The van der Waals surface area contributed by atoms with Crippen LogP contribution in [-0.4, -0.2) is 59.0 Å². The van der Waals surface area contributed by atoms with Gasteiger partial charge in [0.1, 0.15) is 0 Å². The Labute approximate surface area is 126 Å². The highest BCUT2D eigenvalue weighted by atomic mass is 19.4. The summed E-state index contributed by atoms with van der Waals surface area (Å²) in [5.41, 5.74) is 0. The predicted octanol–water partition coefficient (Wildman–Crippen LogP) is 3.56. The first-order valence-electron chi connectivity index (χ1n) is 5.86. The minimum atomic E-state index is -7.62. The van der Waals surface area contributed by atoms with Crippen LogP contribution < -0.4 is 0 Å². The van der Waals surface area contributed by atoms with Crippen LogP contribution in [0.1, 0.15) is 12.8 Å². The zero-order valence-electron chi connectivity index (χ0n) is 11.3. The van der Waals surface area contributed by atoms with Crippen LogP contribution in [0.4, 0.5) is 52.7 Å². The lowest BCUT2D eigenvalue weighted by Gasteiger charge is -2.41. The van der Waals surface area contributed by atoms with E-state index in [4.69, 9.17) is 10.2 Å². The molecule has 0 aliphatic carbocycles. The summed E-state index contributed by atoms with van der Waals surface area (Å²) in [5.74, 6) is -41.9. The Hall–Kier alpha value is -0.920. The second kappa shape index (κ2) is 6.42. The summed E-state index contributed by atoms with van der Waals surface area (Å²) in [6.07, 6.45) is -5.05. The molecule has 0 unspecified atom stereocenters. The first-order valence-corrected chi connectivity index (χ1v) is 5.86. The molecule has 0 aromatic heterocycles. The zero-order chi connectivity index (χ0) is 19.8. The van der Waals surface area contributed by atoms with Gasteiger partial charge in [0.15, 0.2) is 0 Å². The molecule has 2 nitrogen and oxygen atoms in total. The lowest BCUT2D eigenvalue weighted by molar-refractivity contribution is -0.426. The molecular formula is C10H10F12O2. The minimum Gasteiger partial charge on any atom is -0.396 e. The van der Waals surface area contributed by atoms with E-state index < -0.39 is 61.6 Å². The van der Waals surface area contributed by atoms with Gasteiger partial charge < -0.3 is 10.2 Å². The molecule has 14 heteroatoms. The molecule has 0 saturated heterocycles. The fourth-order valence-corrected chi connectivity index (χ4v) is 1.45. The van der Waals surface area contributed by atoms with Crippen molar-refractivity contribution in [2.45, 2.75) is 48.4 Å². The molecule has 0 fully saturated rings. The van der Waals surface area contributed by atoms with Crippen molar-refractivity contribution in [1.82, 2.24) is 0 Å². The normalized spacial score (nSPS) is 15.8. The number of aliphatic hydroxyl groups excluding tert-OH is 2. The summed E-state index contributed by atoms with van der Waals surface area (Å²) in [7, 11) is 0. The first kappa shape index (κ1) is 23.1. The van der Waals surface area contributed by atoms with Crippen LogP contribution in [0.15, 0.2) is 0 Å². The van der Waals surface area contributed by atoms with Crippen LogP contribution in [0, 0.1) is 0 Å². The van der Waals surface area contributed by atoms with Crippen molar-refractivity contribution in [2.24, 2.45) is 0 Å². The molecule has 0 rings (SSSR count). The molecule has 146 valence electrons. The van der Waals surface area contributed by atoms with Crippen molar-refractivity contribution in [3.05, 3.63) is 0 Å². The maximum absolute atomic E-state index is 13.1. The molecule has 0 amide bonds. The fraction of sp³-hybridized carbons (Fsp3) is 1.00. The van der Waals surface area contributed by atoms with Gasteiger partial charge in [0, 0.05) is 26.1 Å². The third-order valence-corrected chi connectivity index (χ3v) is 2.95. The van der Waals surface area contributed by atoms with Crippen molar-refractivity contribution in [1.29, 1.82) is 0 Å². The average Bonchev–Trinajstić information content (AvgIpc) is 2.37. The minimum absolute atomic E-state index is 1.92. The van der Waals surface area contributed by atoms with Gasteiger partial charge in [0.2, 0.25) is 0 Å². The molecule has 0 aromatic carbocycles. The van der Waals surface area contributed by atoms with Gasteiger partial charge in [-0.25, -0.2) is 0 Å². The van der Waals surface area contributed by atoms with Gasteiger partial charge in [0.25, 0.3) is 0 Å². The van der Waals surface area contributed by atoms with Crippen LogP contribution >= 0.6 is 0 Å². The Kier molecular flexibility index (Phi) is 6.18. The fourth-order valence-electron chi connectivity index (χ4n) is 1.45. The zero-order valence-corrected chi connectivity index (χ0v) is 11.3. The molecule has 0 bridgehead atoms. The van der Waals surface area contributed by atoms with E-state index in [0.717, 1.165) is 0 Å². The highest BCUT2D eigenvalue weighted by Crippen LogP contribution is 2.60. The number of alkyl halides is 12. The van der Waals surface area contributed by atoms with E-state index in [0.29, 0.717) is 0 Å². The van der Waals surface area contributed by atoms with Crippen molar-refractivity contribution < 1.29 is 62.9 Å². The molecule has 0 aliphatic rings. The van der Waals surface area contributed by atoms with Gasteiger partial charge in [-0.1, -0.05) is 0 Å². The highest BCUT2D eigenvalue weighted by Gasteiger charge is 2.89. The third kappa shape index (κ3) is 3.13. The van der Waals surface area contributed by atoms with Gasteiger partial charge in [-0.3, -0.25) is 0 Å². The lowest BCUT2D eigenvalue weighted by atomic mass is 9.89. The first-order chi connectivity index (χ1) is 10.4.